The number of carbonyl (C=O) groups excluding carboxylic acids is 1. The van der Waals surface area contributed by atoms with Crippen molar-refractivity contribution in [3.8, 4) is 0 Å². The quantitative estimate of drug-likeness (QED) is 0.323. The molecule has 8 heteroatoms. The number of ketones is 1. The second-order valence-corrected chi connectivity index (χ2v) is 8.98. The SMILES string of the molecule is Cc1ccc(S(=O)(=O)ON=C(C(=O)C(C)C)c2nc3c(ccc4ccccc43)o2)cc1. The summed E-state index contributed by atoms with van der Waals surface area (Å²) in [6.07, 6.45) is 0. The van der Waals surface area contributed by atoms with Gasteiger partial charge in [0.05, 0.1) is 0 Å². The van der Waals surface area contributed by atoms with Crippen molar-refractivity contribution in [2.45, 2.75) is 25.7 Å². The number of carbonyl (C=O) groups is 1. The minimum absolute atomic E-state index is 0.0678. The van der Waals surface area contributed by atoms with Crippen LogP contribution < -0.4 is 0 Å². The summed E-state index contributed by atoms with van der Waals surface area (Å²) in [5.74, 6) is -1.02. The van der Waals surface area contributed by atoms with Crippen molar-refractivity contribution >= 4 is 43.5 Å². The highest BCUT2D eigenvalue weighted by atomic mass is 32.2. The van der Waals surface area contributed by atoms with E-state index in [0.717, 1.165) is 16.3 Å². The lowest BCUT2D eigenvalue weighted by molar-refractivity contribution is -0.115. The average molecular weight is 436 g/mol. The van der Waals surface area contributed by atoms with Gasteiger partial charge < -0.3 is 4.42 Å². The summed E-state index contributed by atoms with van der Waals surface area (Å²) in [4.78, 5) is 17.1. The molecule has 1 aromatic heterocycles. The van der Waals surface area contributed by atoms with E-state index in [9.17, 15) is 13.2 Å². The molecule has 0 aliphatic carbocycles. The van der Waals surface area contributed by atoms with Crippen molar-refractivity contribution in [2.24, 2.45) is 11.1 Å². The van der Waals surface area contributed by atoms with E-state index < -0.39 is 21.8 Å². The molecular weight excluding hydrogens is 416 g/mol. The standard InChI is InChI=1S/C23H20N2O5S/c1-14(2)22(26)21(25-30-31(27,28)17-11-8-15(3)9-12-17)23-24-20-18-7-5-4-6-16(18)10-13-19(20)29-23/h4-14H,1-3H3. The molecule has 4 aromatic rings. The predicted molar refractivity (Wildman–Crippen MR) is 117 cm³/mol. The summed E-state index contributed by atoms with van der Waals surface area (Å²) in [5.41, 5.74) is 1.63. The first-order valence-electron chi connectivity index (χ1n) is 9.67. The zero-order chi connectivity index (χ0) is 22.2. The molecule has 0 N–H and O–H groups in total. The van der Waals surface area contributed by atoms with E-state index in [1.807, 2.05) is 37.3 Å². The van der Waals surface area contributed by atoms with Gasteiger partial charge in [0.1, 0.15) is 10.4 Å². The monoisotopic (exact) mass is 436 g/mol. The molecule has 0 saturated heterocycles. The van der Waals surface area contributed by atoms with Gasteiger partial charge in [-0.2, -0.15) is 8.42 Å². The maximum Gasteiger partial charge on any atom is 0.358 e. The van der Waals surface area contributed by atoms with E-state index in [4.69, 9.17) is 8.70 Å². The number of benzene rings is 3. The number of rotatable bonds is 6. The van der Waals surface area contributed by atoms with E-state index in [1.54, 1.807) is 32.0 Å². The van der Waals surface area contributed by atoms with E-state index in [0.29, 0.717) is 11.1 Å². The van der Waals surface area contributed by atoms with Crippen LogP contribution in [0.4, 0.5) is 0 Å². The highest BCUT2D eigenvalue weighted by Crippen LogP contribution is 2.26. The van der Waals surface area contributed by atoms with Gasteiger partial charge in [0.25, 0.3) is 5.89 Å². The van der Waals surface area contributed by atoms with Crippen LogP contribution in [0.2, 0.25) is 0 Å². The molecule has 0 spiro atoms. The lowest BCUT2D eigenvalue weighted by Crippen LogP contribution is -2.22. The minimum atomic E-state index is -4.21. The summed E-state index contributed by atoms with van der Waals surface area (Å²) in [5, 5.41) is 5.49. The van der Waals surface area contributed by atoms with Gasteiger partial charge >= 0.3 is 10.1 Å². The largest absolute Gasteiger partial charge is 0.434 e. The maximum atomic E-state index is 12.8. The van der Waals surface area contributed by atoms with Crippen molar-refractivity contribution in [2.75, 3.05) is 0 Å². The molecule has 0 saturated carbocycles. The van der Waals surface area contributed by atoms with Crippen LogP contribution in [0.25, 0.3) is 21.9 Å². The summed E-state index contributed by atoms with van der Waals surface area (Å²) in [6.45, 7) is 5.18. The van der Waals surface area contributed by atoms with Crippen molar-refractivity contribution in [1.82, 2.24) is 4.98 Å². The zero-order valence-electron chi connectivity index (χ0n) is 17.2. The molecule has 158 valence electrons. The molecule has 3 aromatic carbocycles. The van der Waals surface area contributed by atoms with Crippen LogP contribution >= 0.6 is 0 Å². The number of aryl methyl sites for hydroxylation is 1. The first-order valence-corrected chi connectivity index (χ1v) is 11.1. The van der Waals surface area contributed by atoms with E-state index >= 15 is 0 Å². The number of fused-ring (bicyclic) bond motifs is 3. The number of nitrogens with zero attached hydrogens (tertiary/aromatic N) is 2. The number of oxime groups is 1. The Morgan fingerprint density at radius 2 is 1.74 bits per heavy atom. The second kappa shape index (κ2) is 7.96. The highest BCUT2D eigenvalue weighted by molar-refractivity contribution is 7.86. The summed E-state index contributed by atoms with van der Waals surface area (Å²) in [6, 6.07) is 17.4. The third-order valence-electron chi connectivity index (χ3n) is 4.78. The van der Waals surface area contributed by atoms with Gasteiger partial charge in [0.15, 0.2) is 11.4 Å². The van der Waals surface area contributed by atoms with Crippen molar-refractivity contribution < 1.29 is 21.9 Å². The van der Waals surface area contributed by atoms with Crippen molar-refractivity contribution in [1.29, 1.82) is 0 Å². The fourth-order valence-electron chi connectivity index (χ4n) is 3.06. The maximum absolute atomic E-state index is 12.8. The molecule has 1 heterocycles. The number of hydrogen-bond acceptors (Lipinski definition) is 7. The molecule has 0 bridgehead atoms. The van der Waals surface area contributed by atoms with Crippen LogP contribution in [0.3, 0.4) is 0 Å². The summed E-state index contributed by atoms with van der Waals surface area (Å²) in [7, 11) is -4.21. The Morgan fingerprint density at radius 1 is 1.03 bits per heavy atom. The lowest BCUT2D eigenvalue weighted by atomic mass is 10.1. The Kier molecular flexibility index (Phi) is 5.32. The molecular formula is C23H20N2O5S. The van der Waals surface area contributed by atoms with Crippen LogP contribution in [0.15, 0.2) is 75.1 Å². The minimum Gasteiger partial charge on any atom is -0.434 e. The van der Waals surface area contributed by atoms with Crippen LogP contribution in [0, 0.1) is 12.8 Å². The molecule has 0 unspecified atom stereocenters. The van der Waals surface area contributed by atoms with Gasteiger partial charge in [-0.15, -0.1) is 0 Å². The molecule has 0 radical (unpaired) electrons. The summed E-state index contributed by atoms with van der Waals surface area (Å²) >= 11 is 0. The molecule has 0 aliphatic heterocycles. The zero-order valence-corrected chi connectivity index (χ0v) is 18.0. The predicted octanol–water partition coefficient (Wildman–Crippen LogP) is 4.62. The highest BCUT2D eigenvalue weighted by Gasteiger charge is 2.26. The summed E-state index contributed by atoms with van der Waals surface area (Å²) < 4.78 is 35.7. The van der Waals surface area contributed by atoms with Gasteiger partial charge in [-0.1, -0.05) is 67.0 Å². The number of Topliss-reactive ketones (excluding diaryl/α,β-unsaturated/α-hetero) is 1. The molecule has 0 aliphatic rings. The van der Waals surface area contributed by atoms with Crippen molar-refractivity contribution in [3.63, 3.8) is 0 Å². The van der Waals surface area contributed by atoms with Crippen molar-refractivity contribution in [3.05, 3.63) is 72.1 Å². The molecule has 7 nitrogen and oxygen atoms in total. The Labute approximate surface area is 179 Å². The molecule has 0 fully saturated rings. The first kappa shape index (κ1) is 20.7. The molecule has 0 atom stereocenters. The normalized spacial score (nSPS) is 12.6. The molecule has 0 amide bonds. The molecule has 4 rings (SSSR count). The first-order chi connectivity index (χ1) is 14.8. The van der Waals surface area contributed by atoms with E-state index in [2.05, 4.69) is 10.1 Å². The smallest absolute Gasteiger partial charge is 0.358 e. The fourth-order valence-corrected chi connectivity index (χ4v) is 3.79. The molecule has 31 heavy (non-hydrogen) atoms. The Bertz CT molecular complexity index is 1420. The Balaban J connectivity index is 1.79. The lowest BCUT2D eigenvalue weighted by Gasteiger charge is -2.06. The van der Waals surface area contributed by atoms with Gasteiger partial charge in [-0.25, -0.2) is 4.98 Å². The van der Waals surface area contributed by atoms with Crippen LogP contribution in [0.1, 0.15) is 25.3 Å². The number of hydrogen-bond donors (Lipinski definition) is 0. The van der Waals surface area contributed by atoms with Gasteiger partial charge in [-0.05, 0) is 30.5 Å². The van der Waals surface area contributed by atoms with E-state index in [-0.39, 0.29) is 16.5 Å². The van der Waals surface area contributed by atoms with Crippen LogP contribution in [0.5, 0.6) is 0 Å². The fraction of sp³-hybridized carbons (Fsp3) is 0.174. The van der Waals surface area contributed by atoms with Gasteiger partial charge in [0.2, 0.25) is 5.71 Å². The average Bonchev–Trinajstić information content (AvgIpc) is 3.18. The van der Waals surface area contributed by atoms with Gasteiger partial charge in [-0.3, -0.25) is 9.08 Å². The number of aromatic nitrogens is 1. The number of oxazole rings is 1. The third kappa shape index (κ3) is 4.06. The Hall–Kier alpha value is -3.52. The Morgan fingerprint density at radius 3 is 2.45 bits per heavy atom. The van der Waals surface area contributed by atoms with E-state index in [1.165, 1.54) is 12.1 Å². The second-order valence-electron chi connectivity index (χ2n) is 7.45. The topological polar surface area (TPSA) is 98.8 Å². The van der Waals surface area contributed by atoms with Crippen LogP contribution in [-0.4, -0.2) is 24.9 Å². The van der Waals surface area contributed by atoms with Crippen LogP contribution in [-0.2, 0) is 19.2 Å². The van der Waals surface area contributed by atoms with Gasteiger partial charge in [0, 0.05) is 11.3 Å². The third-order valence-corrected chi connectivity index (χ3v) is 5.90.